The molecule has 0 bridgehead atoms. The van der Waals surface area contributed by atoms with Crippen LogP contribution in [0.25, 0.3) is 0 Å². The summed E-state index contributed by atoms with van der Waals surface area (Å²) in [4.78, 5) is 17.8. The third-order valence-electron chi connectivity index (χ3n) is 3.25. The zero-order chi connectivity index (χ0) is 13.1. The predicted molar refractivity (Wildman–Crippen MR) is 72.5 cm³/mol. The van der Waals surface area contributed by atoms with E-state index in [4.69, 9.17) is 5.11 Å². The molecule has 0 spiro atoms. The highest BCUT2D eigenvalue weighted by Gasteiger charge is 2.18. The lowest BCUT2D eigenvalue weighted by Gasteiger charge is -2.29. The molecule has 1 aliphatic rings. The van der Waals surface area contributed by atoms with E-state index in [9.17, 15) is 4.79 Å². The molecule has 1 aromatic heterocycles. The Hall–Kier alpha value is -1.14. The van der Waals surface area contributed by atoms with E-state index >= 15 is 0 Å². The van der Waals surface area contributed by atoms with Crippen molar-refractivity contribution in [1.82, 2.24) is 9.88 Å². The summed E-state index contributed by atoms with van der Waals surface area (Å²) in [6.07, 6.45) is 2.47. The van der Waals surface area contributed by atoms with Crippen LogP contribution in [-0.2, 0) is 0 Å². The van der Waals surface area contributed by atoms with Gasteiger partial charge >= 0.3 is 5.97 Å². The number of nitrogens with one attached hydrogen (secondary N) is 1. The second-order valence-electron chi connectivity index (χ2n) is 4.89. The minimum Gasteiger partial charge on any atom is -0.477 e. The van der Waals surface area contributed by atoms with Gasteiger partial charge in [-0.15, -0.1) is 0 Å². The second kappa shape index (κ2) is 5.67. The molecule has 100 valence electrons. The van der Waals surface area contributed by atoms with Gasteiger partial charge in [0.2, 0.25) is 0 Å². The quantitative estimate of drug-likeness (QED) is 0.874. The Kier molecular flexibility index (Phi) is 4.19. The number of carboxylic acids is 1. The fraction of sp³-hybridized carbons (Fsp3) is 0.667. The number of aromatic nitrogens is 1. The first-order valence-electron chi connectivity index (χ1n) is 6.19. The van der Waals surface area contributed by atoms with Crippen LogP contribution in [0.5, 0.6) is 0 Å². The number of aryl methyl sites for hydroxylation is 1. The number of hydrogen-bond donors (Lipinski definition) is 2. The molecule has 0 amide bonds. The van der Waals surface area contributed by atoms with Gasteiger partial charge in [-0.3, -0.25) is 0 Å². The average Bonchev–Trinajstić information content (AvgIpc) is 2.68. The molecule has 1 unspecified atom stereocenters. The van der Waals surface area contributed by atoms with Crippen molar-refractivity contribution < 1.29 is 9.90 Å². The minimum atomic E-state index is -0.893. The van der Waals surface area contributed by atoms with E-state index < -0.39 is 5.97 Å². The topological polar surface area (TPSA) is 65.5 Å². The van der Waals surface area contributed by atoms with Crippen molar-refractivity contribution in [2.75, 3.05) is 32.0 Å². The van der Waals surface area contributed by atoms with Gasteiger partial charge in [-0.05, 0) is 39.3 Å². The van der Waals surface area contributed by atoms with Crippen LogP contribution in [0, 0.1) is 12.8 Å². The molecule has 1 saturated heterocycles. The van der Waals surface area contributed by atoms with E-state index in [1.807, 2.05) is 0 Å². The lowest BCUT2D eigenvalue weighted by Crippen LogP contribution is -2.35. The van der Waals surface area contributed by atoms with Crippen molar-refractivity contribution in [3.05, 3.63) is 10.6 Å². The van der Waals surface area contributed by atoms with Gasteiger partial charge in [0.25, 0.3) is 0 Å². The normalized spacial score (nSPS) is 20.9. The molecule has 18 heavy (non-hydrogen) atoms. The van der Waals surface area contributed by atoms with Gasteiger partial charge in [-0.2, -0.15) is 0 Å². The highest BCUT2D eigenvalue weighted by Crippen LogP contribution is 2.23. The molecule has 6 heteroatoms. The maximum atomic E-state index is 10.9. The number of thiazole rings is 1. The molecule has 5 nitrogen and oxygen atoms in total. The van der Waals surface area contributed by atoms with E-state index in [2.05, 4.69) is 22.2 Å². The van der Waals surface area contributed by atoms with Crippen LogP contribution < -0.4 is 5.32 Å². The van der Waals surface area contributed by atoms with E-state index in [1.165, 1.54) is 30.7 Å². The number of anilines is 1. The van der Waals surface area contributed by atoms with Gasteiger partial charge in [0.05, 0.1) is 5.69 Å². The molecule has 2 N–H and O–H groups in total. The summed E-state index contributed by atoms with van der Waals surface area (Å²) in [6, 6.07) is 0. The molecule has 0 saturated carbocycles. The van der Waals surface area contributed by atoms with Gasteiger partial charge < -0.3 is 15.3 Å². The van der Waals surface area contributed by atoms with Crippen molar-refractivity contribution >= 4 is 22.4 Å². The van der Waals surface area contributed by atoms with E-state index in [1.54, 1.807) is 6.92 Å². The molecule has 1 aromatic rings. The van der Waals surface area contributed by atoms with Crippen LogP contribution in [0.4, 0.5) is 5.13 Å². The third-order valence-corrected chi connectivity index (χ3v) is 4.36. The van der Waals surface area contributed by atoms with Crippen LogP contribution in [-0.4, -0.2) is 47.6 Å². The van der Waals surface area contributed by atoms with Gasteiger partial charge in [-0.25, -0.2) is 9.78 Å². The monoisotopic (exact) mass is 269 g/mol. The van der Waals surface area contributed by atoms with Crippen LogP contribution in [0.3, 0.4) is 0 Å². The van der Waals surface area contributed by atoms with Gasteiger partial charge in [0.15, 0.2) is 5.13 Å². The number of carboxylic acid groups (broad SMARTS) is 1. The van der Waals surface area contributed by atoms with Crippen molar-refractivity contribution in [2.24, 2.45) is 5.92 Å². The molecule has 1 fully saturated rings. The van der Waals surface area contributed by atoms with E-state index in [0.717, 1.165) is 18.2 Å². The Morgan fingerprint density at radius 3 is 3.06 bits per heavy atom. The van der Waals surface area contributed by atoms with Crippen molar-refractivity contribution in [1.29, 1.82) is 0 Å². The number of hydrogen-bond acceptors (Lipinski definition) is 5. The predicted octanol–water partition coefficient (Wildman–Crippen LogP) is 1.90. The number of rotatable bonds is 4. The van der Waals surface area contributed by atoms with E-state index in [-0.39, 0.29) is 0 Å². The molecule has 0 aliphatic carbocycles. The molecular formula is C12H19N3O2S. The van der Waals surface area contributed by atoms with Crippen molar-refractivity contribution in [2.45, 2.75) is 19.8 Å². The van der Waals surface area contributed by atoms with Gasteiger partial charge in [0.1, 0.15) is 4.88 Å². The molecule has 2 heterocycles. The molecule has 0 aromatic carbocycles. The maximum absolute atomic E-state index is 10.9. The van der Waals surface area contributed by atoms with Crippen molar-refractivity contribution in [3.8, 4) is 0 Å². The number of aromatic carboxylic acids is 1. The number of likely N-dealkylation sites (tertiary alicyclic amines) is 1. The Labute approximate surface area is 111 Å². The van der Waals surface area contributed by atoms with Crippen LogP contribution in [0.1, 0.15) is 28.2 Å². The Morgan fingerprint density at radius 2 is 2.44 bits per heavy atom. The smallest absolute Gasteiger partial charge is 0.347 e. The van der Waals surface area contributed by atoms with Crippen LogP contribution >= 0.6 is 11.3 Å². The first-order chi connectivity index (χ1) is 8.56. The summed E-state index contributed by atoms with van der Waals surface area (Å²) in [6.45, 7) is 4.88. The number of carbonyl (C=O) groups is 1. The van der Waals surface area contributed by atoms with Crippen LogP contribution in [0.2, 0.25) is 0 Å². The lowest BCUT2D eigenvalue weighted by molar-refractivity contribution is 0.0701. The summed E-state index contributed by atoms with van der Waals surface area (Å²) in [5.41, 5.74) is 0.593. The van der Waals surface area contributed by atoms with Gasteiger partial charge in [0, 0.05) is 13.1 Å². The zero-order valence-corrected chi connectivity index (χ0v) is 11.6. The zero-order valence-electron chi connectivity index (χ0n) is 10.8. The maximum Gasteiger partial charge on any atom is 0.347 e. The summed E-state index contributed by atoms with van der Waals surface area (Å²) >= 11 is 1.22. The standard InChI is InChI=1S/C12H19N3O2S/c1-8-10(11(16)17)18-12(14-8)13-6-9-4-3-5-15(2)7-9/h9H,3-7H2,1-2H3,(H,13,14)(H,16,17). The Bertz CT molecular complexity index is 433. The Morgan fingerprint density at radius 1 is 1.67 bits per heavy atom. The molecule has 2 rings (SSSR count). The first kappa shape index (κ1) is 13.3. The summed E-state index contributed by atoms with van der Waals surface area (Å²) in [5, 5.41) is 13.0. The van der Waals surface area contributed by atoms with Crippen LogP contribution in [0.15, 0.2) is 0 Å². The van der Waals surface area contributed by atoms with Crippen molar-refractivity contribution in [3.63, 3.8) is 0 Å². The van der Waals surface area contributed by atoms with E-state index in [0.29, 0.717) is 16.5 Å². The SMILES string of the molecule is Cc1nc(NCC2CCCN(C)C2)sc1C(=O)O. The fourth-order valence-corrected chi connectivity index (χ4v) is 3.15. The summed E-state index contributed by atoms with van der Waals surface area (Å²) in [5.74, 6) is -0.267. The number of nitrogens with zero attached hydrogens (tertiary/aromatic N) is 2. The molecule has 1 aliphatic heterocycles. The highest BCUT2D eigenvalue weighted by molar-refractivity contribution is 7.17. The average molecular weight is 269 g/mol. The third kappa shape index (κ3) is 3.20. The summed E-state index contributed by atoms with van der Waals surface area (Å²) in [7, 11) is 2.14. The Balaban J connectivity index is 1.90. The van der Waals surface area contributed by atoms with Gasteiger partial charge in [-0.1, -0.05) is 11.3 Å². The highest BCUT2D eigenvalue weighted by atomic mass is 32.1. The number of piperidine rings is 1. The minimum absolute atomic E-state index is 0.332. The first-order valence-corrected chi connectivity index (χ1v) is 7.01. The molecule has 1 atom stereocenters. The lowest BCUT2D eigenvalue weighted by atomic mass is 9.99. The fourth-order valence-electron chi connectivity index (χ4n) is 2.34. The molecule has 0 radical (unpaired) electrons. The summed E-state index contributed by atoms with van der Waals surface area (Å²) < 4.78 is 0. The largest absolute Gasteiger partial charge is 0.477 e. The second-order valence-corrected chi connectivity index (χ2v) is 5.89. The molecular weight excluding hydrogens is 250 g/mol.